The Bertz CT molecular complexity index is 737. The van der Waals surface area contributed by atoms with Crippen LogP contribution in [0, 0.1) is 5.92 Å². The van der Waals surface area contributed by atoms with Crippen molar-refractivity contribution in [2.75, 3.05) is 32.7 Å². The van der Waals surface area contributed by atoms with Crippen molar-refractivity contribution in [2.45, 2.75) is 37.6 Å². The maximum Gasteiger partial charge on any atom is 0.255 e. The minimum atomic E-state index is -0.264. The molecule has 0 saturated carbocycles. The van der Waals surface area contributed by atoms with Gasteiger partial charge < -0.3 is 14.7 Å². The number of benzene rings is 1. The fraction of sp³-hybridized carbons (Fsp3) is 0.550. The first kappa shape index (κ1) is 19.7. The van der Waals surface area contributed by atoms with Gasteiger partial charge in [0.25, 0.3) is 5.91 Å². The van der Waals surface area contributed by atoms with Gasteiger partial charge >= 0.3 is 0 Å². The molecular formula is C20H27N3O3S. The summed E-state index contributed by atoms with van der Waals surface area (Å²) in [4.78, 5) is 43.9. The van der Waals surface area contributed by atoms with Gasteiger partial charge in [0.05, 0.1) is 11.5 Å². The van der Waals surface area contributed by atoms with Gasteiger partial charge in [0.1, 0.15) is 0 Å². The molecule has 1 atom stereocenters. The third kappa shape index (κ3) is 4.29. The monoisotopic (exact) mass is 389 g/mol. The Kier molecular flexibility index (Phi) is 6.09. The standard InChI is InChI=1S/C20H27N3O3S/c1-14(2)23-13-15(12-18(23)24)19(25)21-8-5-9-22(11-10-21)20(26)16-6-3-4-7-17(16)27/h3-4,6-7,14-15,27H,5,8-13H2,1-2H3. The highest BCUT2D eigenvalue weighted by Gasteiger charge is 2.38. The van der Waals surface area contributed by atoms with E-state index < -0.39 is 0 Å². The number of rotatable bonds is 3. The fourth-order valence-corrected chi connectivity index (χ4v) is 4.08. The van der Waals surface area contributed by atoms with Crippen LogP contribution in [0.5, 0.6) is 0 Å². The lowest BCUT2D eigenvalue weighted by Crippen LogP contribution is -2.41. The van der Waals surface area contributed by atoms with Crippen LogP contribution in [0.4, 0.5) is 0 Å². The van der Waals surface area contributed by atoms with E-state index in [1.54, 1.807) is 15.9 Å². The van der Waals surface area contributed by atoms with E-state index >= 15 is 0 Å². The van der Waals surface area contributed by atoms with E-state index in [2.05, 4.69) is 12.6 Å². The highest BCUT2D eigenvalue weighted by atomic mass is 32.1. The largest absolute Gasteiger partial charge is 0.341 e. The van der Waals surface area contributed by atoms with Crippen molar-refractivity contribution in [3.8, 4) is 0 Å². The van der Waals surface area contributed by atoms with Crippen LogP contribution in [0.15, 0.2) is 29.2 Å². The van der Waals surface area contributed by atoms with E-state index in [1.807, 2.05) is 36.9 Å². The van der Waals surface area contributed by atoms with Gasteiger partial charge in [0.15, 0.2) is 0 Å². The first-order valence-electron chi connectivity index (χ1n) is 9.54. The first-order chi connectivity index (χ1) is 12.9. The van der Waals surface area contributed by atoms with E-state index in [4.69, 9.17) is 0 Å². The number of nitrogens with zero attached hydrogens (tertiary/aromatic N) is 3. The zero-order valence-electron chi connectivity index (χ0n) is 15.9. The molecule has 2 saturated heterocycles. The third-order valence-electron chi connectivity index (χ3n) is 5.36. The zero-order valence-corrected chi connectivity index (χ0v) is 16.8. The SMILES string of the molecule is CC(C)N1CC(C(=O)N2CCCN(C(=O)c3ccccc3S)CC2)CC1=O. The summed E-state index contributed by atoms with van der Waals surface area (Å²) < 4.78 is 0. The van der Waals surface area contributed by atoms with E-state index in [1.165, 1.54) is 0 Å². The molecule has 0 bridgehead atoms. The molecule has 0 N–H and O–H groups in total. The van der Waals surface area contributed by atoms with Gasteiger partial charge in [0.2, 0.25) is 11.8 Å². The van der Waals surface area contributed by atoms with Gasteiger partial charge in [-0.25, -0.2) is 0 Å². The molecule has 0 aromatic heterocycles. The molecule has 2 aliphatic heterocycles. The number of likely N-dealkylation sites (tertiary alicyclic amines) is 1. The molecule has 7 heteroatoms. The lowest BCUT2D eigenvalue weighted by atomic mass is 10.1. The maximum absolute atomic E-state index is 12.9. The Morgan fingerprint density at radius 1 is 1.07 bits per heavy atom. The van der Waals surface area contributed by atoms with E-state index in [9.17, 15) is 14.4 Å². The molecule has 3 amide bonds. The van der Waals surface area contributed by atoms with Crippen LogP contribution < -0.4 is 0 Å². The molecule has 27 heavy (non-hydrogen) atoms. The molecule has 3 rings (SSSR count). The average Bonchev–Trinajstić information content (AvgIpc) is 2.88. The summed E-state index contributed by atoms with van der Waals surface area (Å²) in [5, 5.41) is 0. The average molecular weight is 390 g/mol. The normalized spacial score (nSPS) is 21.0. The van der Waals surface area contributed by atoms with Crippen LogP contribution >= 0.6 is 12.6 Å². The Hall–Kier alpha value is -2.02. The Morgan fingerprint density at radius 3 is 2.41 bits per heavy atom. The van der Waals surface area contributed by atoms with E-state index in [0.717, 1.165) is 6.42 Å². The molecule has 0 radical (unpaired) electrons. The number of hydrogen-bond donors (Lipinski definition) is 1. The molecule has 2 fully saturated rings. The van der Waals surface area contributed by atoms with Crippen molar-refractivity contribution in [3.05, 3.63) is 29.8 Å². The summed E-state index contributed by atoms with van der Waals surface area (Å²) >= 11 is 4.38. The lowest BCUT2D eigenvalue weighted by molar-refractivity contribution is -0.135. The summed E-state index contributed by atoms with van der Waals surface area (Å²) in [6.07, 6.45) is 1.03. The van der Waals surface area contributed by atoms with Crippen LogP contribution in [-0.2, 0) is 9.59 Å². The second-order valence-electron chi connectivity index (χ2n) is 7.53. The number of carbonyl (C=O) groups is 3. The van der Waals surface area contributed by atoms with Crippen LogP contribution in [0.2, 0.25) is 0 Å². The number of hydrogen-bond acceptors (Lipinski definition) is 4. The van der Waals surface area contributed by atoms with Crippen LogP contribution in [0.1, 0.15) is 37.0 Å². The van der Waals surface area contributed by atoms with E-state index in [-0.39, 0.29) is 29.7 Å². The van der Waals surface area contributed by atoms with Gasteiger partial charge in [-0.15, -0.1) is 12.6 Å². The molecule has 1 aromatic rings. The van der Waals surface area contributed by atoms with Crippen LogP contribution in [0.3, 0.4) is 0 Å². The van der Waals surface area contributed by atoms with Gasteiger partial charge in [0, 0.05) is 50.1 Å². The molecule has 1 unspecified atom stereocenters. The summed E-state index contributed by atoms with van der Waals surface area (Å²) in [6, 6.07) is 7.39. The van der Waals surface area contributed by atoms with Crippen LogP contribution in [-0.4, -0.2) is 71.2 Å². The summed E-state index contributed by atoms with van der Waals surface area (Å²) in [6.45, 7) is 6.69. The van der Waals surface area contributed by atoms with Crippen molar-refractivity contribution < 1.29 is 14.4 Å². The summed E-state index contributed by atoms with van der Waals surface area (Å²) in [7, 11) is 0. The highest BCUT2D eigenvalue weighted by Crippen LogP contribution is 2.23. The van der Waals surface area contributed by atoms with Crippen LogP contribution in [0.25, 0.3) is 0 Å². The molecule has 6 nitrogen and oxygen atoms in total. The van der Waals surface area contributed by atoms with Crippen molar-refractivity contribution >= 4 is 30.4 Å². The Balaban J connectivity index is 1.62. The third-order valence-corrected chi connectivity index (χ3v) is 5.75. The Labute approximate surface area is 165 Å². The molecule has 146 valence electrons. The topological polar surface area (TPSA) is 60.9 Å². The predicted molar refractivity (Wildman–Crippen MR) is 106 cm³/mol. The molecule has 0 spiro atoms. The smallest absolute Gasteiger partial charge is 0.255 e. The number of thiol groups is 1. The fourth-order valence-electron chi connectivity index (χ4n) is 3.82. The van der Waals surface area contributed by atoms with Crippen molar-refractivity contribution in [3.63, 3.8) is 0 Å². The second kappa shape index (κ2) is 8.33. The quantitative estimate of drug-likeness (QED) is 0.804. The van der Waals surface area contributed by atoms with E-state index in [0.29, 0.717) is 49.6 Å². The molecule has 0 aliphatic carbocycles. The van der Waals surface area contributed by atoms with Gasteiger partial charge in [-0.05, 0) is 32.4 Å². The molecule has 2 aliphatic rings. The second-order valence-corrected chi connectivity index (χ2v) is 8.01. The van der Waals surface area contributed by atoms with Crippen molar-refractivity contribution in [1.29, 1.82) is 0 Å². The van der Waals surface area contributed by atoms with Gasteiger partial charge in [-0.1, -0.05) is 12.1 Å². The maximum atomic E-state index is 12.9. The van der Waals surface area contributed by atoms with Gasteiger partial charge in [-0.2, -0.15) is 0 Å². The van der Waals surface area contributed by atoms with Crippen molar-refractivity contribution in [1.82, 2.24) is 14.7 Å². The molecule has 1 aromatic carbocycles. The highest BCUT2D eigenvalue weighted by molar-refractivity contribution is 7.80. The first-order valence-corrected chi connectivity index (χ1v) is 9.98. The number of carbonyl (C=O) groups excluding carboxylic acids is 3. The van der Waals surface area contributed by atoms with Gasteiger partial charge in [-0.3, -0.25) is 14.4 Å². The zero-order chi connectivity index (χ0) is 19.6. The molecule has 2 heterocycles. The molecular weight excluding hydrogens is 362 g/mol. The lowest BCUT2D eigenvalue weighted by Gasteiger charge is -2.25. The van der Waals surface area contributed by atoms with Crippen molar-refractivity contribution in [2.24, 2.45) is 5.92 Å². The summed E-state index contributed by atoms with van der Waals surface area (Å²) in [5.74, 6) is -0.215. The minimum Gasteiger partial charge on any atom is -0.341 e. The Morgan fingerprint density at radius 2 is 1.74 bits per heavy atom. The number of amides is 3. The summed E-state index contributed by atoms with van der Waals surface area (Å²) in [5.41, 5.74) is 0.592. The predicted octanol–water partition coefficient (Wildman–Crippen LogP) is 1.91. The minimum absolute atomic E-state index is 0.0374.